The van der Waals surface area contributed by atoms with Gasteiger partial charge in [0.15, 0.2) is 0 Å². The fourth-order valence-electron chi connectivity index (χ4n) is 2.10. The highest BCUT2D eigenvalue weighted by atomic mass is 79.9. The second-order valence-electron chi connectivity index (χ2n) is 5.29. The van der Waals surface area contributed by atoms with Crippen molar-refractivity contribution in [1.82, 2.24) is 15.5 Å². The highest BCUT2D eigenvalue weighted by Crippen LogP contribution is 2.24. The molecule has 3 aromatic rings. The van der Waals surface area contributed by atoms with Gasteiger partial charge in [-0.2, -0.15) is 0 Å². The van der Waals surface area contributed by atoms with Crippen molar-refractivity contribution in [2.45, 2.75) is 11.8 Å². The Hall–Kier alpha value is -2.32. The van der Waals surface area contributed by atoms with Crippen LogP contribution < -0.4 is 10.1 Å². The van der Waals surface area contributed by atoms with Gasteiger partial charge in [-0.05, 0) is 42.0 Å². The number of nitrogens with zero attached hydrogens (tertiary/aromatic N) is 2. The van der Waals surface area contributed by atoms with Crippen molar-refractivity contribution in [3.63, 3.8) is 0 Å². The lowest BCUT2D eigenvalue weighted by Crippen LogP contribution is -2.24. The molecule has 0 aliphatic rings. The maximum atomic E-state index is 12.0. The van der Waals surface area contributed by atoms with E-state index in [4.69, 9.17) is 9.15 Å². The van der Waals surface area contributed by atoms with Gasteiger partial charge in [0.05, 0.1) is 12.9 Å². The van der Waals surface area contributed by atoms with Crippen LogP contribution >= 0.6 is 27.7 Å². The van der Waals surface area contributed by atoms with Gasteiger partial charge in [-0.3, -0.25) is 4.79 Å². The molecule has 0 aliphatic carbocycles. The standard InChI is InChI=1S/C18H16BrN3O3S/c1-24-15-8-2-12(3-9-15)10-20-16(23)11-26-18-22-21-17(25-18)13-4-6-14(19)7-5-13/h2-9H,10-11H2,1H3,(H,20,23). The van der Waals surface area contributed by atoms with Crippen LogP contribution in [-0.2, 0) is 11.3 Å². The molecular formula is C18H16BrN3O3S. The molecule has 0 spiro atoms. The molecule has 0 fully saturated rings. The molecule has 1 N–H and O–H groups in total. The Labute approximate surface area is 163 Å². The summed E-state index contributed by atoms with van der Waals surface area (Å²) in [7, 11) is 1.62. The Morgan fingerprint density at radius 3 is 2.58 bits per heavy atom. The molecule has 2 aromatic carbocycles. The predicted octanol–water partition coefficient (Wildman–Crippen LogP) is 3.92. The molecule has 0 radical (unpaired) electrons. The molecule has 1 heterocycles. The van der Waals surface area contributed by atoms with Gasteiger partial charge in [-0.15, -0.1) is 10.2 Å². The number of halogens is 1. The van der Waals surface area contributed by atoms with Gasteiger partial charge in [-0.1, -0.05) is 39.8 Å². The van der Waals surface area contributed by atoms with Crippen LogP contribution in [0.3, 0.4) is 0 Å². The number of amides is 1. The first kappa shape index (κ1) is 18.5. The smallest absolute Gasteiger partial charge is 0.277 e. The van der Waals surface area contributed by atoms with Crippen LogP contribution in [0.5, 0.6) is 5.75 Å². The minimum atomic E-state index is -0.103. The van der Waals surface area contributed by atoms with E-state index in [1.54, 1.807) is 7.11 Å². The summed E-state index contributed by atoms with van der Waals surface area (Å²) in [4.78, 5) is 12.0. The number of carbonyl (C=O) groups excluding carboxylic acids is 1. The average Bonchev–Trinajstić information content (AvgIpc) is 3.14. The van der Waals surface area contributed by atoms with Crippen LogP contribution in [0.15, 0.2) is 62.6 Å². The van der Waals surface area contributed by atoms with Gasteiger partial charge in [0.2, 0.25) is 11.8 Å². The number of methoxy groups -OCH3 is 1. The second kappa shape index (κ2) is 8.86. The van der Waals surface area contributed by atoms with Crippen molar-refractivity contribution in [2.24, 2.45) is 0 Å². The first-order chi connectivity index (χ1) is 12.6. The molecular weight excluding hydrogens is 418 g/mol. The molecule has 0 atom stereocenters. The Kier molecular flexibility index (Phi) is 6.30. The molecule has 0 saturated heterocycles. The topological polar surface area (TPSA) is 77.2 Å². The number of nitrogens with one attached hydrogen (secondary N) is 1. The number of aromatic nitrogens is 2. The first-order valence-electron chi connectivity index (χ1n) is 7.76. The molecule has 6 nitrogen and oxygen atoms in total. The van der Waals surface area contributed by atoms with Gasteiger partial charge < -0.3 is 14.5 Å². The minimum Gasteiger partial charge on any atom is -0.497 e. The monoisotopic (exact) mass is 433 g/mol. The highest BCUT2D eigenvalue weighted by Gasteiger charge is 2.11. The van der Waals surface area contributed by atoms with Crippen molar-refractivity contribution in [3.8, 4) is 17.2 Å². The van der Waals surface area contributed by atoms with Crippen molar-refractivity contribution >= 4 is 33.6 Å². The fourth-order valence-corrected chi connectivity index (χ4v) is 2.96. The quantitative estimate of drug-likeness (QED) is 0.569. The summed E-state index contributed by atoms with van der Waals surface area (Å²) in [6.45, 7) is 0.456. The van der Waals surface area contributed by atoms with Gasteiger partial charge >= 0.3 is 0 Å². The SMILES string of the molecule is COc1ccc(CNC(=O)CSc2nnc(-c3ccc(Br)cc3)o2)cc1. The lowest BCUT2D eigenvalue weighted by molar-refractivity contribution is -0.118. The average molecular weight is 434 g/mol. The molecule has 1 aromatic heterocycles. The number of benzene rings is 2. The number of rotatable bonds is 7. The van der Waals surface area contributed by atoms with Gasteiger partial charge in [0, 0.05) is 16.6 Å². The molecule has 0 aliphatic heterocycles. The van der Waals surface area contributed by atoms with Crippen LogP contribution in [0.4, 0.5) is 0 Å². The number of hydrogen-bond acceptors (Lipinski definition) is 6. The van der Waals surface area contributed by atoms with Crippen molar-refractivity contribution < 1.29 is 13.9 Å². The lowest BCUT2D eigenvalue weighted by atomic mass is 10.2. The van der Waals surface area contributed by atoms with Gasteiger partial charge in [-0.25, -0.2) is 0 Å². The number of hydrogen-bond donors (Lipinski definition) is 1. The number of carbonyl (C=O) groups is 1. The van der Waals surface area contributed by atoms with E-state index in [2.05, 4.69) is 31.4 Å². The van der Waals surface area contributed by atoms with Crippen LogP contribution in [0, 0.1) is 0 Å². The second-order valence-corrected chi connectivity index (χ2v) is 7.14. The normalized spacial score (nSPS) is 10.5. The Morgan fingerprint density at radius 2 is 1.88 bits per heavy atom. The molecule has 0 bridgehead atoms. The summed E-state index contributed by atoms with van der Waals surface area (Å²) in [6.07, 6.45) is 0. The molecule has 3 rings (SSSR count). The summed E-state index contributed by atoms with van der Waals surface area (Å²) < 4.78 is 11.7. The number of ether oxygens (including phenoxy) is 1. The summed E-state index contributed by atoms with van der Waals surface area (Å²) in [6, 6.07) is 15.1. The van der Waals surface area contributed by atoms with E-state index in [-0.39, 0.29) is 11.7 Å². The summed E-state index contributed by atoms with van der Waals surface area (Å²) in [5.41, 5.74) is 1.83. The third-order valence-electron chi connectivity index (χ3n) is 3.47. The maximum Gasteiger partial charge on any atom is 0.277 e. The molecule has 1 amide bonds. The van der Waals surface area contributed by atoms with Gasteiger partial charge in [0.1, 0.15) is 5.75 Å². The molecule has 8 heteroatoms. The Bertz CT molecular complexity index is 866. The Morgan fingerprint density at radius 1 is 1.15 bits per heavy atom. The highest BCUT2D eigenvalue weighted by molar-refractivity contribution is 9.10. The summed E-state index contributed by atoms with van der Waals surface area (Å²) in [5, 5.41) is 11.2. The van der Waals surface area contributed by atoms with Crippen LogP contribution in [0.2, 0.25) is 0 Å². The van der Waals surface area contributed by atoms with Crippen LogP contribution in [0.1, 0.15) is 5.56 Å². The largest absolute Gasteiger partial charge is 0.497 e. The van der Waals surface area contributed by atoms with E-state index in [0.29, 0.717) is 17.7 Å². The zero-order valence-electron chi connectivity index (χ0n) is 13.9. The number of thioether (sulfide) groups is 1. The maximum absolute atomic E-state index is 12.0. The molecule has 0 unspecified atom stereocenters. The lowest BCUT2D eigenvalue weighted by Gasteiger charge is -2.05. The summed E-state index contributed by atoms with van der Waals surface area (Å²) in [5.74, 6) is 1.32. The van der Waals surface area contributed by atoms with Crippen molar-refractivity contribution in [2.75, 3.05) is 12.9 Å². The van der Waals surface area contributed by atoms with E-state index in [1.807, 2.05) is 48.5 Å². The van der Waals surface area contributed by atoms with Crippen molar-refractivity contribution in [1.29, 1.82) is 0 Å². The van der Waals surface area contributed by atoms with E-state index in [1.165, 1.54) is 11.8 Å². The fraction of sp³-hybridized carbons (Fsp3) is 0.167. The van der Waals surface area contributed by atoms with Crippen molar-refractivity contribution in [3.05, 3.63) is 58.6 Å². The zero-order valence-corrected chi connectivity index (χ0v) is 16.3. The third kappa shape index (κ3) is 5.09. The van der Waals surface area contributed by atoms with E-state index in [0.717, 1.165) is 21.3 Å². The molecule has 0 saturated carbocycles. The molecule has 26 heavy (non-hydrogen) atoms. The van der Waals surface area contributed by atoms with E-state index < -0.39 is 0 Å². The zero-order chi connectivity index (χ0) is 18.4. The van der Waals surface area contributed by atoms with Crippen LogP contribution in [0.25, 0.3) is 11.5 Å². The van der Waals surface area contributed by atoms with Gasteiger partial charge in [0.25, 0.3) is 5.22 Å². The Balaban J connectivity index is 1.47. The van der Waals surface area contributed by atoms with Crippen LogP contribution in [-0.4, -0.2) is 29.0 Å². The third-order valence-corrected chi connectivity index (χ3v) is 4.82. The molecule has 134 valence electrons. The predicted molar refractivity (Wildman–Crippen MR) is 103 cm³/mol. The summed E-state index contributed by atoms with van der Waals surface area (Å²) >= 11 is 4.59. The first-order valence-corrected chi connectivity index (χ1v) is 9.54. The van der Waals surface area contributed by atoms with E-state index in [9.17, 15) is 4.79 Å². The minimum absolute atomic E-state index is 0.103. The van der Waals surface area contributed by atoms with E-state index >= 15 is 0 Å².